The van der Waals surface area contributed by atoms with E-state index in [1.54, 1.807) is 0 Å². The van der Waals surface area contributed by atoms with Crippen LogP contribution in [0.25, 0.3) is 0 Å². The fourth-order valence-corrected chi connectivity index (χ4v) is 4.02. The highest BCUT2D eigenvalue weighted by molar-refractivity contribution is 5.82. The van der Waals surface area contributed by atoms with Crippen LogP contribution in [0.4, 0.5) is 4.39 Å². The minimum atomic E-state index is -0.216. The first-order valence-corrected chi connectivity index (χ1v) is 9.52. The van der Waals surface area contributed by atoms with Gasteiger partial charge in [0.05, 0.1) is 12.6 Å². The molecule has 2 saturated heterocycles. The Morgan fingerprint density at radius 2 is 1.96 bits per heavy atom. The Bertz CT molecular complexity index is 563. The molecule has 2 aliphatic rings. The fraction of sp³-hybridized carbons (Fsp3) is 0.650. The second-order valence-electron chi connectivity index (χ2n) is 7.21. The van der Waals surface area contributed by atoms with Crippen LogP contribution in [0.3, 0.4) is 0 Å². The summed E-state index contributed by atoms with van der Waals surface area (Å²) in [5, 5.41) is 0. The number of hydrogen-bond donors (Lipinski definition) is 0. The van der Waals surface area contributed by atoms with Crippen molar-refractivity contribution in [1.29, 1.82) is 0 Å². The molecule has 2 fully saturated rings. The molecule has 0 aromatic heterocycles. The largest absolute Gasteiger partial charge is 0.381 e. The van der Waals surface area contributed by atoms with Crippen LogP contribution in [-0.2, 0) is 16.1 Å². The summed E-state index contributed by atoms with van der Waals surface area (Å²) in [7, 11) is 0. The molecule has 2 aliphatic heterocycles. The summed E-state index contributed by atoms with van der Waals surface area (Å²) in [4.78, 5) is 17.4. The molecule has 0 unspecified atom stereocenters. The van der Waals surface area contributed by atoms with E-state index in [1.165, 1.54) is 12.1 Å². The van der Waals surface area contributed by atoms with Crippen molar-refractivity contribution in [2.75, 3.05) is 32.8 Å². The summed E-state index contributed by atoms with van der Waals surface area (Å²) in [6.45, 7) is 6.83. The minimum absolute atomic E-state index is 0.0316. The Kier molecular flexibility index (Phi) is 6.43. The molecule has 138 valence electrons. The number of benzene rings is 1. The first kappa shape index (κ1) is 18.3. The Morgan fingerprint density at radius 3 is 2.72 bits per heavy atom. The van der Waals surface area contributed by atoms with Crippen molar-refractivity contribution < 1.29 is 13.9 Å². The molecule has 0 spiro atoms. The number of ether oxygens (including phenoxy) is 1. The van der Waals surface area contributed by atoms with Gasteiger partial charge in [-0.25, -0.2) is 4.39 Å². The third-order valence-corrected chi connectivity index (χ3v) is 5.34. The average molecular weight is 348 g/mol. The number of likely N-dealkylation sites (tertiary alicyclic amines) is 2. The monoisotopic (exact) mass is 348 g/mol. The maximum Gasteiger partial charge on any atom is 0.239 e. The number of piperidine rings is 1. The van der Waals surface area contributed by atoms with Gasteiger partial charge in [0.25, 0.3) is 0 Å². The number of nitrogens with zero attached hydrogens (tertiary/aromatic N) is 2. The predicted molar refractivity (Wildman–Crippen MR) is 95.6 cm³/mol. The van der Waals surface area contributed by atoms with Crippen LogP contribution >= 0.6 is 0 Å². The van der Waals surface area contributed by atoms with Crippen LogP contribution in [0, 0.1) is 11.7 Å². The van der Waals surface area contributed by atoms with Gasteiger partial charge in [-0.15, -0.1) is 0 Å². The molecular formula is C20H29FN2O2. The number of hydrogen-bond acceptors (Lipinski definition) is 3. The number of rotatable bonds is 6. The van der Waals surface area contributed by atoms with E-state index in [1.807, 2.05) is 24.0 Å². The Hall–Kier alpha value is -1.46. The smallest absolute Gasteiger partial charge is 0.239 e. The molecule has 1 amide bonds. The van der Waals surface area contributed by atoms with Gasteiger partial charge in [0.2, 0.25) is 5.91 Å². The highest BCUT2D eigenvalue weighted by Gasteiger charge is 2.35. The molecular weight excluding hydrogens is 319 g/mol. The molecule has 1 aromatic carbocycles. The number of carbonyl (C=O) groups is 1. The lowest BCUT2D eigenvalue weighted by Gasteiger charge is -2.36. The van der Waals surface area contributed by atoms with E-state index in [2.05, 4.69) is 4.90 Å². The van der Waals surface area contributed by atoms with Crippen molar-refractivity contribution in [3.63, 3.8) is 0 Å². The van der Waals surface area contributed by atoms with E-state index in [4.69, 9.17) is 4.74 Å². The van der Waals surface area contributed by atoms with Gasteiger partial charge < -0.3 is 9.64 Å². The summed E-state index contributed by atoms with van der Waals surface area (Å²) in [6.07, 6.45) is 4.18. The van der Waals surface area contributed by atoms with Gasteiger partial charge in [-0.1, -0.05) is 12.1 Å². The van der Waals surface area contributed by atoms with Gasteiger partial charge >= 0.3 is 0 Å². The van der Waals surface area contributed by atoms with Gasteiger partial charge in [0, 0.05) is 26.2 Å². The number of carbonyl (C=O) groups excluding carboxylic acids is 1. The molecule has 0 bridgehead atoms. The minimum Gasteiger partial charge on any atom is -0.381 e. The fourth-order valence-electron chi connectivity index (χ4n) is 4.02. The molecule has 2 atom stereocenters. The maximum atomic E-state index is 13.1. The van der Waals surface area contributed by atoms with Crippen LogP contribution in [-0.4, -0.2) is 54.6 Å². The summed E-state index contributed by atoms with van der Waals surface area (Å²) in [5.74, 6) is 0.511. The quantitative estimate of drug-likeness (QED) is 0.792. The van der Waals surface area contributed by atoms with E-state index in [0.717, 1.165) is 64.1 Å². The topological polar surface area (TPSA) is 32.8 Å². The second-order valence-corrected chi connectivity index (χ2v) is 7.21. The SMILES string of the molecule is CCOC[C@H]1CCCN(C(=O)[C@@H]2CCCN2Cc2ccc(F)cc2)C1. The molecule has 2 heterocycles. The molecule has 3 rings (SSSR count). The van der Waals surface area contributed by atoms with E-state index in [9.17, 15) is 9.18 Å². The Balaban J connectivity index is 1.59. The molecule has 0 N–H and O–H groups in total. The van der Waals surface area contributed by atoms with Crippen LogP contribution in [0.15, 0.2) is 24.3 Å². The van der Waals surface area contributed by atoms with Crippen LogP contribution in [0.1, 0.15) is 38.2 Å². The van der Waals surface area contributed by atoms with E-state index < -0.39 is 0 Å². The summed E-state index contributed by atoms with van der Waals surface area (Å²) < 4.78 is 18.6. The summed E-state index contributed by atoms with van der Waals surface area (Å²) in [6, 6.07) is 6.58. The zero-order valence-electron chi connectivity index (χ0n) is 15.1. The molecule has 0 radical (unpaired) electrons. The molecule has 1 aromatic rings. The summed E-state index contributed by atoms with van der Waals surface area (Å²) in [5.41, 5.74) is 1.06. The van der Waals surface area contributed by atoms with Gasteiger partial charge in [-0.3, -0.25) is 9.69 Å². The van der Waals surface area contributed by atoms with Crippen LogP contribution in [0.5, 0.6) is 0 Å². The summed E-state index contributed by atoms with van der Waals surface area (Å²) >= 11 is 0. The van der Waals surface area contributed by atoms with E-state index >= 15 is 0 Å². The third-order valence-electron chi connectivity index (χ3n) is 5.34. The van der Waals surface area contributed by atoms with Crippen molar-refractivity contribution in [3.8, 4) is 0 Å². The Morgan fingerprint density at radius 1 is 1.20 bits per heavy atom. The molecule has 5 heteroatoms. The highest BCUT2D eigenvalue weighted by atomic mass is 19.1. The van der Waals surface area contributed by atoms with Crippen molar-refractivity contribution in [3.05, 3.63) is 35.6 Å². The van der Waals surface area contributed by atoms with Gasteiger partial charge in [0.15, 0.2) is 0 Å². The maximum absolute atomic E-state index is 13.1. The standard InChI is InChI=1S/C20H29FN2O2/c1-2-25-15-17-5-3-12-23(14-17)20(24)19-6-4-11-22(19)13-16-7-9-18(21)10-8-16/h7-10,17,19H,2-6,11-15H2,1H3/t17-,19-/m0/s1. The molecule has 0 saturated carbocycles. The average Bonchev–Trinajstić information content (AvgIpc) is 3.09. The van der Waals surface area contributed by atoms with Gasteiger partial charge in [-0.05, 0) is 62.8 Å². The predicted octanol–water partition coefficient (Wildman–Crippen LogP) is 3.07. The first-order valence-electron chi connectivity index (χ1n) is 9.52. The lowest BCUT2D eigenvalue weighted by atomic mass is 9.98. The normalized spacial score (nSPS) is 24.6. The third kappa shape index (κ3) is 4.79. The van der Waals surface area contributed by atoms with Crippen molar-refractivity contribution in [2.45, 2.75) is 45.2 Å². The number of halogens is 1. The molecule has 0 aliphatic carbocycles. The lowest BCUT2D eigenvalue weighted by Crippen LogP contribution is -2.49. The van der Waals surface area contributed by atoms with Crippen molar-refractivity contribution in [1.82, 2.24) is 9.80 Å². The highest BCUT2D eigenvalue weighted by Crippen LogP contribution is 2.25. The lowest BCUT2D eigenvalue weighted by molar-refractivity contribution is -0.138. The van der Waals surface area contributed by atoms with Gasteiger partial charge in [-0.2, -0.15) is 0 Å². The van der Waals surface area contributed by atoms with Crippen LogP contribution < -0.4 is 0 Å². The second kappa shape index (κ2) is 8.77. The van der Waals surface area contributed by atoms with E-state index in [0.29, 0.717) is 12.5 Å². The van der Waals surface area contributed by atoms with Crippen molar-refractivity contribution >= 4 is 5.91 Å². The van der Waals surface area contributed by atoms with E-state index in [-0.39, 0.29) is 17.8 Å². The Labute approximate surface area is 149 Å². The first-order chi connectivity index (χ1) is 12.2. The molecule has 25 heavy (non-hydrogen) atoms. The zero-order valence-corrected chi connectivity index (χ0v) is 15.1. The van der Waals surface area contributed by atoms with Crippen LogP contribution in [0.2, 0.25) is 0 Å². The van der Waals surface area contributed by atoms with Gasteiger partial charge in [0.1, 0.15) is 5.82 Å². The number of amides is 1. The molecule has 4 nitrogen and oxygen atoms in total. The zero-order chi connectivity index (χ0) is 17.6. The van der Waals surface area contributed by atoms with Crippen molar-refractivity contribution in [2.24, 2.45) is 5.92 Å².